The zero-order chi connectivity index (χ0) is 20.4. The Kier molecular flexibility index (Phi) is 5.36. The summed E-state index contributed by atoms with van der Waals surface area (Å²) >= 11 is 0. The number of aliphatic hydroxyl groups is 3. The van der Waals surface area contributed by atoms with Crippen LogP contribution in [-0.4, -0.2) is 72.3 Å². The highest BCUT2D eigenvalue weighted by atomic mass is 16.6. The van der Waals surface area contributed by atoms with Crippen molar-refractivity contribution in [3.63, 3.8) is 0 Å². The molecule has 3 heterocycles. The number of carbonyl (C=O) groups is 1. The third kappa shape index (κ3) is 3.76. The summed E-state index contributed by atoms with van der Waals surface area (Å²) in [7, 11) is 0. The molecular weight excluding hydrogens is 382 g/mol. The van der Waals surface area contributed by atoms with E-state index < -0.39 is 37.1 Å². The number of amides is 1. The Morgan fingerprint density at radius 1 is 1.17 bits per heavy atom. The summed E-state index contributed by atoms with van der Waals surface area (Å²) in [5, 5.41) is 32.0. The molecule has 1 aliphatic rings. The first-order valence-corrected chi connectivity index (χ1v) is 8.86. The molecule has 1 aliphatic heterocycles. The minimum atomic E-state index is -1.28. The average molecular weight is 401 g/mol. The van der Waals surface area contributed by atoms with Crippen LogP contribution in [0.2, 0.25) is 0 Å². The summed E-state index contributed by atoms with van der Waals surface area (Å²) in [6, 6.07) is 8.91. The number of rotatable bonds is 6. The molecule has 1 saturated heterocycles. The maximum Gasteiger partial charge on any atom is 0.263 e. The number of nitrogens with one attached hydrogen (secondary N) is 1. The van der Waals surface area contributed by atoms with Gasteiger partial charge in [-0.05, 0) is 12.1 Å². The maximum absolute atomic E-state index is 12.2. The Bertz CT molecular complexity index is 997. The predicted molar refractivity (Wildman–Crippen MR) is 98.9 cm³/mol. The molecule has 152 valence electrons. The predicted octanol–water partition coefficient (Wildman–Crippen LogP) is -0.545. The van der Waals surface area contributed by atoms with Gasteiger partial charge in [-0.2, -0.15) is 0 Å². The van der Waals surface area contributed by atoms with E-state index in [2.05, 4.69) is 20.3 Å². The minimum Gasteiger partial charge on any atom is -0.484 e. The fourth-order valence-corrected chi connectivity index (χ4v) is 3.07. The normalized spacial score (nSPS) is 24.0. The molecule has 0 aliphatic carbocycles. The lowest BCUT2D eigenvalue weighted by Crippen LogP contribution is -2.33. The summed E-state index contributed by atoms with van der Waals surface area (Å²) in [5.74, 6) is 0.294. The van der Waals surface area contributed by atoms with E-state index in [0.29, 0.717) is 5.75 Å². The van der Waals surface area contributed by atoms with Gasteiger partial charge >= 0.3 is 0 Å². The standard InChI is InChI=1S/C18H19N5O6/c24-6-11-14(26)15(27)18(29-11)23-9-21-13-16(19-8-20-17(13)23)22-12(25)7-28-10-4-2-1-3-5-10/h1-5,8-9,11,14-15,18,24,26-27H,6-7H2,(H,19,20,22,25)/t11-,14+,15+,18-/m1/s1. The largest absolute Gasteiger partial charge is 0.484 e. The molecule has 4 N–H and O–H groups in total. The smallest absolute Gasteiger partial charge is 0.263 e. The van der Waals surface area contributed by atoms with Crippen molar-refractivity contribution in [2.24, 2.45) is 0 Å². The number of carbonyl (C=O) groups excluding carboxylic acids is 1. The monoisotopic (exact) mass is 401 g/mol. The topological polar surface area (TPSA) is 152 Å². The van der Waals surface area contributed by atoms with Gasteiger partial charge in [0.1, 0.15) is 30.4 Å². The van der Waals surface area contributed by atoms with Crippen LogP contribution in [0, 0.1) is 0 Å². The van der Waals surface area contributed by atoms with Crippen molar-refractivity contribution in [3.05, 3.63) is 43.0 Å². The van der Waals surface area contributed by atoms with E-state index in [1.54, 1.807) is 24.3 Å². The van der Waals surface area contributed by atoms with Crippen LogP contribution in [0.15, 0.2) is 43.0 Å². The molecule has 0 bridgehead atoms. The number of hydrogen-bond donors (Lipinski definition) is 4. The van der Waals surface area contributed by atoms with Gasteiger partial charge in [-0.1, -0.05) is 18.2 Å². The number of fused-ring (bicyclic) bond motifs is 1. The van der Waals surface area contributed by atoms with Gasteiger partial charge < -0.3 is 30.1 Å². The Hall–Kier alpha value is -3.12. The van der Waals surface area contributed by atoms with E-state index >= 15 is 0 Å². The molecule has 1 aromatic carbocycles. The van der Waals surface area contributed by atoms with Crippen molar-refractivity contribution < 1.29 is 29.6 Å². The second kappa shape index (κ2) is 8.09. The van der Waals surface area contributed by atoms with Crippen LogP contribution in [0.1, 0.15) is 6.23 Å². The summed E-state index contributed by atoms with van der Waals surface area (Å²) in [5.41, 5.74) is 0.562. The number of aliphatic hydroxyl groups excluding tert-OH is 3. The van der Waals surface area contributed by atoms with Gasteiger partial charge in [-0.25, -0.2) is 15.0 Å². The molecule has 1 amide bonds. The summed E-state index contributed by atoms with van der Waals surface area (Å²) in [6.45, 7) is -0.663. The van der Waals surface area contributed by atoms with E-state index in [0.717, 1.165) is 0 Å². The molecule has 4 rings (SSSR count). The van der Waals surface area contributed by atoms with Gasteiger partial charge in [0.15, 0.2) is 29.8 Å². The van der Waals surface area contributed by atoms with Crippen molar-refractivity contribution in [1.82, 2.24) is 19.5 Å². The Morgan fingerprint density at radius 3 is 2.69 bits per heavy atom. The highest BCUT2D eigenvalue weighted by molar-refractivity contribution is 5.97. The Morgan fingerprint density at radius 2 is 1.97 bits per heavy atom. The van der Waals surface area contributed by atoms with Crippen LogP contribution in [0.4, 0.5) is 5.82 Å². The van der Waals surface area contributed by atoms with Crippen molar-refractivity contribution in [2.75, 3.05) is 18.5 Å². The number of ether oxygens (including phenoxy) is 2. The molecule has 11 nitrogen and oxygen atoms in total. The van der Waals surface area contributed by atoms with Crippen molar-refractivity contribution in [3.8, 4) is 5.75 Å². The second-order valence-electron chi connectivity index (χ2n) is 6.43. The van der Waals surface area contributed by atoms with E-state index in [1.165, 1.54) is 17.2 Å². The number of para-hydroxylation sites is 1. The van der Waals surface area contributed by atoms with Crippen molar-refractivity contribution >= 4 is 22.9 Å². The molecule has 3 aromatic rings. The molecule has 0 unspecified atom stereocenters. The fraction of sp³-hybridized carbons (Fsp3) is 0.333. The zero-order valence-electron chi connectivity index (χ0n) is 15.1. The van der Waals surface area contributed by atoms with Crippen LogP contribution in [0.3, 0.4) is 0 Å². The van der Waals surface area contributed by atoms with E-state index in [4.69, 9.17) is 9.47 Å². The molecule has 0 spiro atoms. The van der Waals surface area contributed by atoms with Gasteiger partial charge in [0.2, 0.25) is 0 Å². The number of nitrogens with zero attached hydrogens (tertiary/aromatic N) is 4. The van der Waals surface area contributed by atoms with Crippen LogP contribution in [0.25, 0.3) is 11.2 Å². The molecule has 4 atom stereocenters. The van der Waals surface area contributed by atoms with E-state index in [-0.39, 0.29) is 23.6 Å². The Balaban J connectivity index is 1.51. The van der Waals surface area contributed by atoms with Crippen LogP contribution in [-0.2, 0) is 9.53 Å². The van der Waals surface area contributed by atoms with Gasteiger partial charge in [-0.3, -0.25) is 9.36 Å². The van der Waals surface area contributed by atoms with E-state index in [1.807, 2.05) is 6.07 Å². The van der Waals surface area contributed by atoms with Crippen molar-refractivity contribution in [1.29, 1.82) is 0 Å². The lowest BCUT2D eigenvalue weighted by atomic mass is 10.1. The number of imidazole rings is 1. The lowest BCUT2D eigenvalue weighted by Gasteiger charge is -2.16. The number of anilines is 1. The number of benzene rings is 1. The van der Waals surface area contributed by atoms with Crippen LogP contribution < -0.4 is 10.1 Å². The van der Waals surface area contributed by atoms with Gasteiger partial charge in [0.05, 0.1) is 12.9 Å². The zero-order valence-corrected chi connectivity index (χ0v) is 15.1. The van der Waals surface area contributed by atoms with Gasteiger partial charge in [-0.15, -0.1) is 0 Å². The number of aromatic nitrogens is 4. The molecule has 0 radical (unpaired) electrons. The third-order valence-corrected chi connectivity index (χ3v) is 4.52. The summed E-state index contributed by atoms with van der Waals surface area (Å²) in [6.07, 6.45) is -1.86. The summed E-state index contributed by atoms with van der Waals surface area (Å²) < 4.78 is 12.3. The van der Waals surface area contributed by atoms with Crippen LogP contribution in [0.5, 0.6) is 5.75 Å². The number of hydrogen-bond acceptors (Lipinski definition) is 9. The first-order chi connectivity index (χ1) is 14.1. The first kappa shape index (κ1) is 19.2. The fourth-order valence-electron chi connectivity index (χ4n) is 3.07. The molecular formula is C18H19N5O6. The van der Waals surface area contributed by atoms with Crippen LogP contribution >= 0.6 is 0 Å². The maximum atomic E-state index is 12.2. The lowest BCUT2D eigenvalue weighted by molar-refractivity contribution is -0.118. The molecule has 11 heteroatoms. The minimum absolute atomic E-state index is 0.169. The van der Waals surface area contributed by atoms with Crippen molar-refractivity contribution in [2.45, 2.75) is 24.5 Å². The molecule has 1 fully saturated rings. The molecule has 29 heavy (non-hydrogen) atoms. The second-order valence-corrected chi connectivity index (χ2v) is 6.43. The highest BCUT2D eigenvalue weighted by Crippen LogP contribution is 2.32. The van der Waals surface area contributed by atoms with Gasteiger partial charge in [0.25, 0.3) is 5.91 Å². The Labute approximate surface area is 164 Å². The quantitative estimate of drug-likeness (QED) is 0.426. The molecule has 2 aromatic heterocycles. The highest BCUT2D eigenvalue weighted by Gasteiger charge is 2.44. The van der Waals surface area contributed by atoms with Gasteiger partial charge in [0, 0.05) is 0 Å². The van der Waals surface area contributed by atoms with E-state index in [9.17, 15) is 20.1 Å². The SMILES string of the molecule is O=C(COc1ccccc1)Nc1ncnc2c1ncn2[C@@H]1O[C@H](CO)[C@H](O)[C@@H]1O. The first-order valence-electron chi connectivity index (χ1n) is 8.86. The average Bonchev–Trinajstić information content (AvgIpc) is 3.29. The third-order valence-electron chi connectivity index (χ3n) is 4.52. The summed E-state index contributed by atoms with van der Waals surface area (Å²) in [4.78, 5) is 24.6. The molecule has 0 saturated carbocycles.